The van der Waals surface area contributed by atoms with Crippen molar-refractivity contribution < 1.29 is 27.9 Å². The highest BCUT2D eigenvalue weighted by molar-refractivity contribution is 6.14. The average molecular weight is 474 g/mol. The normalized spacial score (nSPS) is 15.7. The summed E-state index contributed by atoms with van der Waals surface area (Å²) in [6, 6.07) is 7.15. The third-order valence-corrected chi connectivity index (χ3v) is 5.32. The highest BCUT2D eigenvalue weighted by Gasteiger charge is 2.35. The number of rotatable bonds is 6. The second-order valence-electron chi connectivity index (χ2n) is 7.66. The molecular formula is C22H21F3N6O3. The van der Waals surface area contributed by atoms with Gasteiger partial charge in [0.1, 0.15) is 5.82 Å². The Labute approximate surface area is 192 Å². The SMILES string of the molecule is CC1CN(c2ccc(C(F)(F)F)cc2)C(=O)c2c(NC(=O)c3cccnc3NCCO)cnn21. The van der Waals surface area contributed by atoms with Gasteiger partial charge in [0.15, 0.2) is 5.69 Å². The number of halogens is 3. The number of amides is 2. The third kappa shape index (κ3) is 4.44. The number of carbonyl (C=O) groups is 2. The van der Waals surface area contributed by atoms with E-state index in [-0.39, 0.29) is 48.5 Å². The Kier molecular flexibility index (Phi) is 6.24. The monoisotopic (exact) mass is 474 g/mol. The number of aliphatic hydroxyl groups excluding tert-OH is 1. The number of nitrogens with one attached hydrogen (secondary N) is 2. The highest BCUT2D eigenvalue weighted by atomic mass is 19.4. The lowest BCUT2D eigenvalue weighted by atomic mass is 10.1. The number of anilines is 3. The van der Waals surface area contributed by atoms with Crippen molar-refractivity contribution in [3.63, 3.8) is 0 Å². The fourth-order valence-electron chi connectivity index (χ4n) is 3.70. The number of hydrogen-bond acceptors (Lipinski definition) is 6. The molecule has 4 rings (SSSR count). The minimum atomic E-state index is -4.48. The van der Waals surface area contributed by atoms with Crippen molar-refractivity contribution in [3.05, 3.63) is 65.6 Å². The van der Waals surface area contributed by atoms with Gasteiger partial charge in [0.2, 0.25) is 0 Å². The van der Waals surface area contributed by atoms with Crippen molar-refractivity contribution in [3.8, 4) is 0 Å². The maximum Gasteiger partial charge on any atom is 0.416 e. The average Bonchev–Trinajstić information content (AvgIpc) is 3.24. The summed E-state index contributed by atoms with van der Waals surface area (Å²) in [5.74, 6) is -0.784. The Bertz CT molecular complexity index is 1210. The lowest BCUT2D eigenvalue weighted by Gasteiger charge is -2.32. The Hall–Kier alpha value is -3.93. The zero-order chi connectivity index (χ0) is 24.5. The molecule has 0 fully saturated rings. The molecule has 0 aliphatic carbocycles. The van der Waals surface area contributed by atoms with E-state index in [1.165, 1.54) is 40.2 Å². The molecule has 9 nitrogen and oxygen atoms in total. The van der Waals surface area contributed by atoms with Crippen LogP contribution in [0.4, 0.5) is 30.4 Å². The minimum absolute atomic E-state index is 0.112. The Morgan fingerprint density at radius 2 is 1.97 bits per heavy atom. The van der Waals surface area contributed by atoms with Crippen molar-refractivity contribution in [2.45, 2.75) is 19.1 Å². The maximum absolute atomic E-state index is 13.3. The molecular weight excluding hydrogens is 453 g/mol. The zero-order valence-corrected chi connectivity index (χ0v) is 18.0. The first-order valence-corrected chi connectivity index (χ1v) is 10.4. The van der Waals surface area contributed by atoms with Crippen molar-refractivity contribution in [2.75, 3.05) is 35.2 Å². The van der Waals surface area contributed by atoms with Crippen LogP contribution in [0.5, 0.6) is 0 Å². The van der Waals surface area contributed by atoms with Crippen LogP contribution in [0.15, 0.2) is 48.8 Å². The number of aromatic nitrogens is 3. The summed E-state index contributed by atoms with van der Waals surface area (Å²) in [5, 5.41) is 18.8. The van der Waals surface area contributed by atoms with Crippen LogP contribution in [0, 0.1) is 0 Å². The molecule has 1 atom stereocenters. The van der Waals surface area contributed by atoms with E-state index in [4.69, 9.17) is 5.11 Å². The molecule has 0 spiro atoms. The van der Waals surface area contributed by atoms with Crippen LogP contribution in [0.2, 0.25) is 0 Å². The number of hydrogen-bond donors (Lipinski definition) is 3. The summed E-state index contributed by atoms with van der Waals surface area (Å²) in [6.45, 7) is 2.05. The molecule has 1 unspecified atom stereocenters. The van der Waals surface area contributed by atoms with E-state index < -0.39 is 23.6 Å². The van der Waals surface area contributed by atoms with Gasteiger partial charge in [0.05, 0.1) is 35.7 Å². The van der Waals surface area contributed by atoms with Crippen molar-refractivity contribution in [1.29, 1.82) is 0 Å². The number of aliphatic hydroxyl groups is 1. The summed E-state index contributed by atoms with van der Waals surface area (Å²) in [5.41, 5.74) is -0.0332. The maximum atomic E-state index is 13.3. The number of alkyl halides is 3. The van der Waals surface area contributed by atoms with Gasteiger partial charge in [-0.15, -0.1) is 0 Å². The Balaban J connectivity index is 1.61. The molecule has 2 amide bonds. The topological polar surface area (TPSA) is 112 Å². The van der Waals surface area contributed by atoms with Crippen LogP contribution < -0.4 is 15.5 Å². The molecule has 3 aromatic rings. The van der Waals surface area contributed by atoms with E-state index in [0.29, 0.717) is 5.69 Å². The standard InChI is InChI=1S/C22H21F3N6O3/c1-13-12-30(15-6-4-14(5-7-15)22(23,24)25)21(34)18-17(11-28-31(13)18)29-20(33)16-3-2-8-26-19(16)27-9-10-32/h2-8,11,13,32H,9-10,12H2,1H3,(H,26,27)(H,29,33). The number of pyridine rings is 1. The number of fused-ring (bicyclic) bond motifs is 1. The van der Waals surface area contributed by atoms with Gasteiger partial charge in [0, 0.05) is 25.0 Å². The van der Waals surface area contributed by atoms with E-state index in [0.717, 1.165) is 12.1 Å². The molecule has 34 heavy (non-hydrogen) atoms. The highest BCUT2D eigenvalue weighted by Crippen LogP contribution is 2.33. The van der Waals surface area contributed by atoms with Gasteiger partial charge in [-0.1, -0.05) is 0 Å². The van der Waals surface area contributed by atoms with Gasteiger partial charge in [-0.2, -0.15) is 18.3 Å². The molecule has 1 aliphatic rings. The first-order chi connectivity index (χ1) is 16.2. The second-order valence-corrected chi connectivity index (χ2v) is 7.66. The van der Waals surface area contributed by atoms with Crippen molar-refractivity contribution >= 4 is 29.0 Å². The minimum Gasteiger partial charge on any atom is -0.395 e. The largest absolute Gasteiger partial charge is 0.416 e. The Morgan fingerprint density at radius 1 is 1.24 bits per heavy atom. The number of benzene rings is 1. The molecule has 3 N–H and O–H groups in total. The third-order valence-electron chi connectivity index (χ3n) is 5.32. The molecule has 0 saturated heterocycles. The molecule has 0 saturated carbocycles. The first-order valence-electron chi connectivity index (χ1n) is 10.4. The van der Waals surface area contributed by atoms with Gasteiger partial charge in [0.25, 0.3) is 11.8 Å². The molecule has 12 heteroatoms. The number of nitrogens with zero attached hydrogens (tertiary/aromatic N) is 4. The predicted molar refractivity (Wildman–Crippen MR) is 118 cm³/mol. The molecule has 2 aromatic heterocycles. The lowest BCUT2D eigenvalue weighted by Crippen LogP contribution is -2.43. The molecule has 3 heterocycles. The molecule has 178 valence electrons. The lowest BCUT2D eigenvalue weighted by molar-refractivity contribution is -0.137. The molecule has 1 aliphatic heterocycles. The van der Waals surface area contributed by atoms with Crippen molar-refractivity contribution in [2.24, 2.45) is 0 Å². The van der Waals surface area contributed by atoms with Crippen LogP contribution in [0.1, 0.15) is 39.4 Å². The Morgan fingerprint density at radius 3 is 2.65 bits per heavy atom. The molecule has 1 aromatic carbocycles. The predicted octanol–water partition coefficient (Wildman–Crippen LogP) is 3.17. The van der Waals surface area contributed by atoms with Gasteiger partial charge < -0.3 is 20.6 Å². The van der Waals surface area contributed by atoms with Crippen LogP contribution in [0.3, 0.4) is 0 Å². The van der Waals surface area contributed by atoms with E-state index in [9.17, 15) is 22.8 Å². The molecule has 0 bridgehead atoms. The summed E-state index contributed by atoms with van der Waals surface area (Å²) in [7, 11) is 0. The van der Waals surface area contributed by atoms with Gasteiger partial charge in [-0.25, -0.2) is 4.98 Å². The number of carbonyl (C=O) groups excluding carboxylic acids is 2. The second kappa shape index (κ2) is 9.14. The first kappa shape index (κ1) is 23.2. The molecule has 0 radical (unpaired) electrons. The smallest absolute Gasteiger partial charge is 0.395 e. The summed E-state index contributed by atoms with van der Waals surface area (Å²) in [4.78, 5) is 31.7. The van der Waals surface area contributed by atoms with E-state index in [1.807, 2.05) is 6.92 Å². The van der Waals surface area contributed by atoms with Crippen LogP contribution in [-0.2, 0) is 6.18 Å². The van der Waals surface area contributed by atoms with Gasteiger partial charge in [-0.05, 0) is 43.3 Å². The van der Waals surface area contributed by atoms with Crippen molar-refractivity contribution in [1.82, 2.24) is 14.8 Å². The van der Waals surface area contributed by atoms with Crippen LogP contribution >= 0.6 is 0 Å². The zero-order valence-electron chi connectivity index (χ0n) is 18.0. The fraction of sp³-hybridized carbons (Fsp3) is 0.273. The van der Waals surface area contributed by atoms with E-state index >= 15 is 0 Å². The fourth-order valence-corrected chi connectivity index (χ4v) is 3.70. The van der Waals surface area contributed by atoms with Gasteiger partial charge >= 0.3 is 6.18 Å². The van der Waals surface area contributed by atoms with E-state index in [2.05, 4.69) is 20.7 Å². The van der Waals surface area contributed by atoms with E-state index in [1.54, 1.807) is 6.07 Å². The summed E-state index contributed by atoms with van der Waals surface area (Å²) >= 11 is 0. The van der Waals surface area contributed by atoms with Crippen LogP contribution in [-0.4, -0.2) is 51.4 Å². The summed E-state index contributed by atoms with van der Waals surface area (Å²) < 4.78 is 40.2. The van der Waals surface area contributed by atoms with Crippen LogP contribution in [0.25, 0.3) is 0 Å². The quantitative estimate of drug-likeness (QED) is 0.506. The summed E-state index contributed by atoms with van der Waals surface area (Å²) in [6.07, 6.45) is -1.63. The van der Waals surface area contributed by atoms with Gasteiger partial charge in [-0.3, -0.25) is 14.3 Å².